The normalized spacial score (nSPS) is 18.1. The van der Waals surface area contributed by atoms with Crippen molar-refractivity contribution in [2.45, 2.75) is 43.9 Å². The number of carbonyl (C=O) groups excluding carboxylic acids is 1. The standard InChI is InChI=1S/C20H23F4N5O.2H2S/c1-29(2)19-27-16(20(22,23)24)11-17(28-19)25-14-7-9-15(10-8-14)26-18(30)12-3-5-13(21)6-4-12;;/h3-6,11,14-15H,7-10H2,1-2H3,(H,26,30)(H,25,27,28);2*1H2. The first kappa shape index (κ1) is 27.8. The number of benzene rings is 1. The summed E-state index contributed by atoms with van der Waals surface area (Å²) in [6.07, 6.45) is -1.90. The van der Waals surface area contributed by atoms with Gasteiger partial charge in [0.25, 0.3) is 5.91 Å². The summed E-state index contributed by atoms with van der Waals surface area (Å²) in [4.78, 5) is 21.4. The predicted molar refractivity (Wildman–Crippen MR) is 126 cm³/mol. The molecule has 32 heavy (non-hydrogen) atoms. The van der Waals surface area contributed by atoms with Crippen LogP contribution in [-0.4, -0.2) is 42.1 Å². The third-order valence-electron chi connectivity index (χ3n) is 4.93. The van der Waals surface area contributed by atoms with Gasteiger partial charge in [0.2, 0.25) is 5.95 Å². The van der Waals surface area contributed by atoms with Crippen LogP contribution in [0.4, 0.5) is 29.3 Å². The molecule has 0 saturated heterocycles. The van der Waals surface area contributed by atoms with Gasteiger partial charge in [0.05, 0.1) is 0 Å². The second kappa shape index (κ2) is 11.6. The molecule has 3 rings (SSSR count). The van der Waals surface area contributed by atoms with E-state index < -0.39 is 17.7 Å². The van der Waals surface area contributed by atoms with E-state index in [9.17, 15) is 22.4 Å². The largest absolute Gasteiger partial charge is 0.433 e. The van der Waals surface area contributed by atoms with E-state index in [2.05, 4.69) is 20.6 Å². The van der Waals surface area contributed by atoms with Gasteiger partial charge in [-0.15, -0.1) is 0 Å². The Kier molecular flexibility index (Phi) is 10.1. The first-order valence-corrected chi connectivity index (χ1v) is 9.58. The van der Waals surface area contributed by atoms with Crippen LogP contribution in [0.5, 0.6) is 0 Å². The van der Waals surface area contributed by atoms with E-state index >= 15 is 0 Å². The lowest BCUT2D eigenvalue weighted by atomic mass is 9.91. The Bertz CT molecular complexity index is 889. The van der Waals surface area contributed by atoms with Gasteiger partial charge in [0.15, 0.2) is 5.69 Å². The summed E-state index contributed by atoms with van der Waals surface area (Å²) in [5.41, 5.74) is -0.613. The molecule has 1 amide bonds. The molecule has 12 heteroatoms. The summed E-state index contributed by atoms with van der Waals surface area (Å²) >= 11 is 0. The van der Waals surface area contributed by atoms with Crippen LogP contribution in [-0.2, 0) is 6.18 Å². The van der Waals surface area contributed by atoms with E-state index in [4.69, 9.17) is 0 Å². The van der Waals surface area contributed by atoms with E-state index in [1.165, 1.54) is 29.2 Å². The van der Waals surface area contributed by atoms with Gasteiger partial charge in [-0.3, -0.25) is 4.79 Å². The predicted octanol–water partition coefficient (Wildman–Crippen LogP) is 4.08. The van der Waals surface area contributed by atoms with Crippen LogP contribution in [0.1, 0.15) is 41.7 Å². The Balaban J connectivity index is 0.00000256. The van der Waals surface area contributed by atoms with Gasteiger partial charge in [-0.2, -0.15) is 45.1 Å². The molecule has 2 N–H and O–H groups in total. The quantitative estimate of drug-likeness (QED) is 0.615. The Labute approximate surface area is 198 Å². The number of alkyl halides is 3. The van der Waals surface area contributed by atoms with E-state index in [0.29, 0.717) is 31.2 Å². The van der Waals surface area contributed by atoms with Gasteiger partial charge in [-0.1, -0.05) is 0 Å². The fourth-order valence-corrected chi connectivity index (χ4v) is 3.31. The summed E-state index contributed by atoms with van der Waals surface area (Å²) in [5.74, 6) is -0.575. The van der Waals surface area contributed by atoms with E-state index in [1.54, 1.807) is 14.1 Å². The van der Waals surface area contributed by atoms with Crippen LogP contribution in [0, 0.1) is 5.82 Å². The molecule has 2 aromatic rings. The minimum absolute atomic E-state index is 0. The number of hydrogen-bond acceptors (Lipinski definition) is 5. The SMILES string of the molecule is CN(C)c1nc(NC2CCC(NC(=O)c3ccc(F)cc3)CC2)cc(C(F)(F)F)n1.S.S. The Hall–Kier alpha value is -2.21. The van der Waals surface area contributed by atoms with Crippen molar-refractivity contribution in [3.8, 4) is 0 Å². The highest BCUT2D eigenvalue weighted by atomic mass is 32.1. The van der Waals surface area contributed by atoms with Crippen molar-refractivity contribution in [2.24, 2.45) is 0 Å². The molecule has 1 aliphatic rings. The number of rotatable bonds is 5. The first-order chi connectivity index (χ1) is 14.1. The number of anilines is 2. The van der Waals surface area contributed by atoms with Gasteiger partial charge in [0.1, 0.15) is 11.6 Å². The minimum Gasteiger partial charge on any atom is -0.367 e. The summed E-state index contributed by atoms with van der Waals surface area (Å²) < 4.78 is 52.4. The van der Waals surface area contributed by atoms with E-state index in [-0.39, 0.29) is 56.7 Å². The van der Waals surface area contributed by atoms with Gasteiger partial charge < -0.3 is 15.5 Å². The zero-order chi connectivity index (χ0) is 21.9. The summed E-state index contributed by atoms with van der Waals surface area (Å²) in [6, 6.07) is 6.11. The zero-order valence-electron chi connectivity index (χ0n) is 17.6. The minimum atomic E-state index is -4.56. The average Bonchev–Trinajstić information content (AvgIpc) is 2.69. The molecule has 1 aliphatic carbocycles. The second-order valence-corrected chi connectivity index (χ2v) is 7.50. The van der Waals surface area contributed by atoms with Crippen molar-refractivity contribution < 1.29 is 22.4 Å². The summed E-state index contributed by atoms with van der Waals surface area (Å²) in [6.45, 7) is 0. The molecular formula is C20H27F4N5OS2. The van der Waals surface area contributed by atoms with Gasteiger partial charge in [-0.25, -0.2) is 9.37 Å². The number of nitrogens with zero attached hydrogens (tertiary/aromatic N) is 3. The van der Waals surface area contributed by atoms with Crippen molar-refractivity contribution in [2.75, 3.05) is 24.3 Å². The molecule has 6 nitrogen and oxygen atoms in total. The molecule has 0 radical (unpaired) electrons. The van der Waals surface area contributed by atoms with E-state index in [1.807, 2.05) is 0 Å². The molecule has 1 aromatic heterocycles. The molecule has 0 aliphatic heterocycles. The number of aromatic nitrogens is 2. The van der Waals surface area contributed by atoms with Crippen LogP contribution in [0.3, 0.4) is 0 Å². The summed E-state index contributed by atoms with van der Waals surface area (Å²) in [5, 5.41) is 5.99. The molecule has 1 fully saturated rings. The summed E-state index contributed by atoms with van der Waals surface area (Å²) in [7, 11) is 3.16. The Morgan fingerprint density at radius 1 is 1.00 bits per heavy atom. The molecule has 0 atom stereocenters. The lowest BCUT2D eigenvalue weighted by Crippen LogP contribution is -2.40. The zero-order valence-corrected chi connectivity index (χ0v) is 19.6. The molecule has 0 spiro atoms. The fourth-order valence-electron chi connectivity index (χ4n) is 3.31. The van der Waals surface area contributed by atoms with Crippen LogP contribution >= 0.6 is 27.0 Å². The van der Waals surface area contributed by atoms with Crippen LogP contribution in [0.25, 0.3) is 0 Å². The number of hydrogen-bond donors (Lipinski definition) is 2. The highest BCUT2D eigenvalue weighted by Crippen LogP contribution is 2.31. The average molecular weight is 494 g/mol. The van der Waals surface area contributed by atoms with Crippen molar-refractivity contribution in [1.82, 2.24) is 15.3 Å². The Morgan fingerprint density at radius 3 is 2.09 bits per heavy atom. The highest BCUT2D eigenvalue weighted by molar-refractivity contribution is 7.59. The number of halogens is 4. The van der Waals surface area contributed by atoms with Crippen molar-refractivity contribution >= 4 is 44.7 Å². The lowest BCUT2D eigenvalue weighted by molar-refractivity contribution is -0.141. The van der Waals surface area contributed by atoms with Crippen LogP contribution in [0.2, 0.25) is 0 Å². The maximum atomic E-state index is 13.1. The van der Waals surface area contributed by atoms with Crippen molar-refractivity contribution in [1.29, 1.82) is 0 Å². The van der Waals surface area contributed by atoms with Gasteiger partial charge in [0, 0.05) is 37.8 Å². The van der Waals surface area contributed by atoms with Crippen LogP contribution in [0.15, 0.2) is 30.3 Å². The fraction of sp³-hybridized carbons (Fsp3) is 0.450. The highest BCUT2D eigenvalue weighted by Gasteiger charge is 2.34. The lowest BCUT2D eigenvalue weighted by Gasteiger charge is -2.30. The monoisotopic (exact) mass is 493 g/mol. The smallest absolute Gasteiger partial charge is 0.367 e. The maximum Gasteiger partial charge on any atom is 0.433 e. The molecule has 1 aromatic carbocycles. The van der Waals surface area contributed by atoms with Crippen molar-refractivity contribution in [3.05, 3.63) is 47.4 Å². The third kappa shape index (κ3) is 7.44. The maximum absolute atomic E-state index is 13.1. The van der Waals surface area contributed by atoms with Gasteiger partial charge in [-0.05, 0) is 49.9 Å². The van der Waals surface area contributed by atoms with Crippen molar-refractivity contribution in [3.63, 3.8) is 0 Å². The molecular weight excluding hydrogens is 466 g/mol. The molecule has 178 valence electrons. The molecule has 0 bridgehead atoms. The topological polar surface area (TPSA) is 70.2 Å². The van der Waals surface area contributed by atoms with E-state index in [0.717, 1.165) is 6.07 Å². The number of nitrogens with one attached hydrogen (secondary N) is 2. The first-order valence-electron chi connectivity index (χ1n) is 9.58. The van der Waals surface area contributed by atoms with Crippen LogP contribution < -0.4 is 15.5 Å². The number of carbonyl (C=O) groups is 1. The van der Waals surface area contributed by atoms with Gasteiger partial charge >= 0.3 is 6.18 Å². The molecule has 0 unspecified atom stereocenters. The second-order valence-electron chi connectivity index (χ2n) is 7.50. The Morgan fingerprint density at radius 2 is 1.56 bits per heavy atom. The molecule has 1 heterocycles. The molecule has 1 saturated carbocycles. The third-order valence-corrected chi connectivity index (χ3v) is 4.93. The number of amides is 1.